The highest BCUT2D eigenvalue weighted by atomic mass is 16.3. The second kappa shape index (κ2) is 6.69. The number of allylic oxidation sites excluding steroid dienone is 1. The molecule has 1 atom stereocenters. The number of aliphatic hydroxyl groups is 1. The lowest BCUT2D eigenvalue weighted by molar-refractivity contribution is 0.0309. The van der Waals surface area contributed by atoms with Gasteiger partial charge in [-0.2, -0.15) is 5.26 Å². The molecule has 1 aromatic rings. The van der Waals surface area contributed by atoms with Crippen molar-refractivity contribution in [2.45, 2.75) is 25.8 Å². The maximum Gasteiger partial charge on any atom is 0.0995 e. The Morgan fingerprint density at radius 3 is 2.95 bits per heavy atom. The molecule has 20 heavy (non-hydrogen) atoms. The van der Waals surface area contributed by atoms with Crippen LogP contribution >= 0.6 is 0 Å². The van der Waals surface area contributed by atoms with Crippen molar-refractivity contribution >= 4 is 0 Å². The Bertz CT molecular complexity index is 506. The van der Waals surface area contributed by atoms with E-state index in [9.17, 15) is 5.11 Å². The van der Waals surface area contributed by atoms with Crippen LogP contribution in [0.2, 0.25) is 0 Å². The fourth-order valence-corrected chi connectivity index (χ4v) is 3.12. The van der Waals surface area contributed by atoms with Gasteiger partial charge in [0.15, 0.2) is 0 Å². The van der Waals surface area contributed by atoms with Crippen molar-refractivity contribution in [3.63, 3.8) is 0 Å². The average Bonchev–Trinajstić information content (AvgIpc) is 2.48. The minimum atomic E-state index is -0.0540. The third kappa shape index (κ3) is 3.27. The molecule has 106 valence electrons. The zero-order valence-electron chi connectivity index (χ0n) is 11.9. The summed E-state index contributed by atoms with van der Waals surface area (Å²) in [5.41, 5.74) is 1.76. The number of rotatable bonds is 5. The molecule has 2 rings (SSSR count). The Morgan fingerprint density at radius 2 is 2.25 bits per heavy atom. The fourth-order valence-electron chi connectivity index (χ4n) is 3.12. The highest BCUT2D eigenvalue weighted by Gasteiger charge is 2.33. The summed E-state index contributed by atoms with van der Waals surface area (Å²) >= 11 is 0. The summed E-state index contributed by atoms with van der Waals surface area (Å²) in [5.74, 6) is 0. The van der Waals surface area contributed by atoms with Gasteiger partial charge in [0.1, 0.15) is 0 Å². The van der Waals surface area contributed by atoms with Gasteiger partial charge in [0.25, 0.3) is 0 Å². The van der Waals surface area contributed by atoms with Gasteiger partial charge >= 0.3 is 0 Å². The molecule has 0 bridgehead atoms. The molecule has 1 aromatic carbocycles. The van der Waals surface area contributed by atoms with Gasteiger partial charge in [0.2, 0.25) is 0 Å². The van der Waals surface area contributed by atoms with Crippen LogP contribution in [0.25, 0.3) is 0 Å². The van der Waals surface area contributed by atoms with Crippen LogP contribution in [0, 0.1) is 16.7 Å². The quantitative estimate of drug-likeness (QED) is 0.837. The molecule has 3 nitrogen and oxygen atoms in total. The maximum absolute atomic E-state index is 9.73. The molecule has 1 unspecified atom stereocenters. The van der Waals surface area contributed by atoms with Gasteiger partial charge in [-0.1, -0.05) is 24.3 Å². The molecule has 1 N–H and O–H groups in total. The maximum atomic E-state index is 9.73. The third-order valence-corrected chi connectivity index (χ3v) is 4.18. The van der Waals surface area contributed by atoms with E-state index in [2.05, 4.69) is 17.5 Å². The Hall–Kier alpha value is -1.63. The first-order valence-corrected chi connectivity index (χ1v) is 7.15. The van der Waals surface area contributed by atoms with Crippen LogP contribution < -0.4 is 0 Å². The lowest BCUT2D eigenvalue weighted by Gasteiger charge is -2.41. The molecule has 3 heteroatoms. The Balaban J connectivity index is 2.10. The number of nitriles is 1. The minimum absolute atomic E-state index is 0.0540. The molecule has 0 amide bonds. The van der Waals surface area contributed by atoms with Gasteiger partial charge in [-0.05, 0) is 37.4 Å². The normalized spacial score (nSPS) is 23.2. The number of likely N-dealkylation sites (tertiary alicyclic amines) is 1. The number of piperidine rings is 1. The number of benzene rings is 1. The molecule has 1 saturated heterocycles. The molecule has 1 aliphatic heterocycles. The Kier molecular flexibility index (Phi) is 4.94. The van der Waals surface area contributed by atoms with E-state index in [1.54, 1.807) is 0 Å². The summed E-state index contributed by atoms with van der Waals surface area (Å²) in [6.07, 6.45) is 4.89. The predicted molar refractivity (Wildman–Crippen MR) is 80.0 cm³/mol. The van der Waals surface area contributed by atoms with Crippen LogP contribution in [-0.2, 0) is 6.54 Å². The van der Waals surface area contributed by atoms with Gasteiger partial charge in [0, 0.05) is 18.5 Å². The van der Waals surface area contributed by atoms with Crippen molar-refractivity contribution in [3.05, 3.63) is 48.0 Å². The lowest BCUT2D eigenvalue weighted by Crippen LogP contribution is -2.44. The highest BCUT2D eigenvalue weighted by Crippen LogP contribution is 2.34. The van der Waals surface area contributed by atoms with Gasteiger partial charge in [0.05, 0.1) is 18.2 Å². The van der Waals surface area contributed by atoms with Crippen LogP contribution in [0.3, 0.4) is 0 Å². The fraction of sp³-hybridized carbons (Fsp3) is 0.471. The standard InChI is InChI=1S/C17H22N2O/c1-2-8-17(14-20)9-5-10-19(13-17)12-16-7-4-3-6-15(16)11-18/h2-4,6-7,20H,1,5,8-10,12-14H2. The van der Waals surface area contributed by atoms with E-state index in [0.29, 0.717) is 0 Å². The second-order valence-electron chi connectivity index (χ2n) is 5.73. The molecule has 0 radical (unpaired) electrons. The van der Waals surface area contributed by atoms with E-state index in [1.807, 2.05) is 30.3 Å². The van der Waals surface area contributed by atoms with Gasteiger partial charge in [-0.25, -0.2) is 0 Å². The zero-order valence-corrected chi connectivity index (χ0v) is 11.9. The molecule has 0 aromatic heterocycles. The van der Waals surface area contributed by atoms with E-state index in [0.717, 1.165) is 50.0 Å². The molecular weight excluding hydrogens is 248 g/mol. The van der Waals surface area contributed by atoms with Crippen LogP contribution in [0.5, 0.6) is 0 Å². The summed E-state index contributed by atoms with van der Waals surface area (Å²) in [4.78, 5) is 2.35. The van der Waals surface area contributed by atoms with Crippen molar-refractivity contribution in [2.24, 2.45) is 5.41 Å². The van der Waals surface area contributed by atoms with Crippen LogP contribution in [0.15, 0.2) is 36.9 Å². The first-order valence-electron chi connectivity index (χ1n) is 7.15. The number of hydrogen-bond acceptors (Lipinski definition) is 3. The Labute approximate surface area is 121 Å². The molecule has 0 saturated carbocycles. The second-order valence-corrected chi connectivity index (χ2v) is 5.73. The number of nitrogens with zero attached hydrogens (tertiary/aromatic N) is 2. The summed E-state index contributed by atoms with van der Waals surface area (Å²) in [6.45, 7) is 6.69. The Morgan fingerprint density at radius 1 is 1.45 bits per heavy atom. The van der Waals surface area contributed by atoms with E-state index in [1.165, 1.54) is 0 Å². The SMILES string of the molecule is C=CCC1(CO)CCCN(Cc2ccccc2C#N)C1. The van der Waals surface area contributed by atoms with Crippen molar-refractivity contribution < 1.29 is 5.11 Å². The molecule has 0 spiro atoms. The van der Waals surface area contributed by atoms with Gasteiger partial charge in [-0.15, -0.1) is 6.58 Å². The smallest absolute Gasteiger partial charge is 0.0995 e. The van der Waals surface area contributed by atoms with Crippen LogP contribution in [-0.4, -0.2) is 29.7 Å². The third-order valence-electron chi connectivity index (χ3n) is 4.18. The monoisotopic (exact) mass is 270 g/mol. The number of aliphatic hydroxyl groups excluding tert-OH is 1. The van der Waals surface area contributed by atoms with Crippen molar-refractivity contribution in [2.75, 3.05) is 19.7 Å². The average molecular weight is 270 g/mol. The van der Waals surface area contributed by atoms with Crippen molar-refractivity contribution in [1.82, 2.24) is 4.90 Å². The largest absolute Gasteiger partial charge is 0.396 e. The predicted octanol–water partition coefficient (Wildman–Crippen LogP) is 2.71. The highest BCUT2D eigenvalue weighted by molar-refractivity contribution is 5.37. The minimum Gasteiger partial charge on any atom is -0.396 e. The molecule has 0 aliphatic carbocycles. The molecule has 1 aliphatic rings. The first kappa shape index (κ1) is 14.8. The van der Waals surface area contributed by atoms with E-state index >= 15 is 0 Å². The summed E-state index contributed by atoms with van der Waals surface area (Å²) in [5, 5.41) is 18.9. The first-order chi connectivity index (χ1) is 9.73. The van der Waals surface area contributed by atoms with Crippen molar-refractivity contribution in [3.8, 4) is 6.07 Å². The molecule has 1 heterocycles. The van der Waals surface area contributed by atoms with E-state index < -0.39 is 0 Å². The number of hydrogen-bond donors (Lipinski definition) is 1. The molecular formula is C17H22N2O. The van der Waals surface area contributed by atoms with Gasteiger partial charge in [-0.3, -0.25) is 4.90 Å². The van der Waals surface area contributed by atoms with Crippen molar-refractivity contribution in [1.29, 1.82) is 5.26 Å². The van der Waals surface area contributed by atoms with Crippen LogP contribution in [0.1, 0.15) is 30.4 Å². The van der Waals surface area contributed by atoms with Gasteiger partial charge < -0.3 is 5.11 Å². The van der Waals surface area contributed by atoms with E-state index in [-0.39, 0.29) is 12.0 Å². The zero-order chi connectivity index (χ0) is 14.4. The summed E-state index contributed by atoms with van der Waals surface area (Å²) in [7, 11) is 0. The topological polar surface area (TPSA) is 47.3 Å². The van der Waals surface area contributed by atoms with Crippen LogP contribution in [0.4, 0.5) is 0 Å². The lowest BCUT2D eigenvalue weighted by atomic mass is 9.77. The summed E-state index contributed by atoms with van der Waals surface area (Å²) < 4.78 is 0. The molecule has 1 fully saturated rings. The summed E-state index contributed by atoms with van der Waals surface area (Å²) in [6, 6.07) is 10.0. The van der Waals surface area contributed by atoms with E-state index in [4.69, 9.17) is 5.26 Å².